The zero-order chi connectivity index (χ0) is 6.15. The number of nitrogens with two attached hydrogens (primary N) is 1. The van der Waals surface area contributed by atoms with E-state index in [0.29, 0.717) is 6.42 Å². The van der Waals surface area contributed by atoms with Crippen molar-refractivity contribution in [1.82, 2.24) is 0 Å². The van der Waals surface area contributed by atoms with E-state index in [2.05, 4.69) is 0 Å². The molecule has 0 saturated carbocycles. The molecule has 1 atom stereocenters. The first kappa shape index (κ1) is 5.44. The van der Waals surface area contributed by atoms with Gasteiger partial charge in [-0.15, -0.1) is 0 Å². The highest BCUT2D eigenvalue weighted by molar-refractivity contribution is 5.88. The fourth-order valence-electron chi connectivity index (χ4n) is 0.762. The standard InChI is InChI=1S/C5H7NO2/c1-3-2-4(7)6-5(3)8/h3H,2H2,1H3,(H,6,7,8)/p+1. The van der Waals surface area contributed by atoms with Crippen molar-refractivity contribution in [3.63, 3.8) is 0 Å². The second kappa shape index (κ2) is 1.67. The van der Waals surface area contributed by atoms with E-state index >= 15 is 0 Å². The molecule has 3 heteroatoms. The van der Waals surface area contributed by atoms with Crippen molar-refractivity contribution in [2.45, 2.75) is 13.3 Å². The summed E-state index contributed by atoms with van der Waals surface area (Å²) >= 11 is 0. The van der Waals surface area contributed by atoms with Crippen LogP contribution in [0.15, 0.2) is 0 Å². The van der Waals surface area contributed by atoms with Gasteiger partial charge in [-0.25, -0.2) is 14.9 Å². The van der Waals surface area contributed by atoms with Crippen molar-refractivity contribution in [2.75, 3.05) is 0 Å². The Kier molecular flexibility index (Phi) is 1.13. The third-order valence-corrected chi connectivity index (χ3v) is 1.30. The van der Waals surface area contributed by atoms with E-state index in [9.17, 15) is 9.59 Å². The Balaban J connectivity index is 2.64. The molecule has 1 saturated heterocycles. The number of carbonyl (C=O) groups is 2. The van der Waals surface area contributed by atoms with Gasteiger partial charge in [0, 0.05) is 0 Å². The van der Waals surface area contributed by atoms with Gasteiger partial charge in [-0.1, -0.05) is 0 Å². The highest BCUT2D eigenvalue weighted by Crippen LogP contribution is 2.01. The monoisotopic (exact) mass is 114 g/mol. The molecule has 1 heterocycles. The van der Waals surface area contributed by atoms with Gasteiger partial charge >= 0.3 is 11.8 Å². The van der Waals surface area contributed by atoms with Crippen molar-refractivity contribution in [3.05, 3.63) is 0 Å². The minimum atomic E-state index is -0.0532. The predicted octanol–water partition coefficient (Wildman–Crippen LogP) is -1.36. The van der Waals surface area contributed by atoms with Crippen molar-refractivity contribution in [2.24, 2.45) is 5.92 Å². The number of carbonyl (C=O) groups excluding carboxylic acids is 2. The zero-order valence-corrected chi connectivity index (χ0v) is 4.68. The number of rotatable bonds is 0. The molecule has 1 unspecified atom stereocenters. The second-order valence-electron chi connectivity index (χ2n) is 2.12. The average molecular weight is 114 g/mol. The van der Waals surface area contributed by atoms with Crippen LogP contribution < -0.4 is 5.32 Å². The summed E-state index contributed by atoms with van der Waals surface area (Å²) in [4.78, 5) is 20.9. The van der Waals surface area contributed by atoms with E-state index in [1.165, 1.54) is 5.32 Å². The zero-order valence-electron chi connectivity index (χ0n) is 4.68. The molecule has 0 aromatic carbocycles. The first-order valence-corrected chi connectivity index (χ1v) is 2.61. The number of imide groups is 1. The third-order valence-electron chi connectivity index (χ3n) is 1.30. The predicted molar refractivity (Wildman–Crippen MR) is 25.7 cm³/mol. The lowest BCUT2D eigenvalue weighted by atomic mass is 10.1. The molecule has 0 bridgehead atoms. The van der Waals surface area contributed by atoms with Crippen molar-refractivity contribution >= 4 is 11.8 Å². The summed E-state index contributed by atoms with van der Waals surface area (Å²) in [6, 6.07) is 0. The molecule has 1 rings (SSSR count). The molecule has 1 aliphatic rings. The molecule has 3 nitrogen and oxygen atoms in total. The molecule has 0 spiro atoms. The molecule has 2 amide bonds. The summed E-state index contributed by atoms with van der Waals surface area (Å²) in [7, 11) is 0. The molecule has 1 fully saturated rings. The summed E-state index contributed by atoms with van der Waals surface area (Å²) in [6.45, 7) is 1.77. The maximum Gasteiger partial charge on any atom is 0.321 e. The lowest BCUT2D eigenvalue weighted by Crippen LogP contribution is -2.88. The Bertz CT molecular complexity index is 141. The maximum absolute atomic E-state index is 10.5. The lowest BCUT2D eigenvalue weighted by Gasteiger charge is -1.83. The Morgan fingerprint density at radius 1 is 1.62 bits per heavy atom. The third kappa shape index (κ3) is 0.767. The minimum absolute atomic E-state index is 0.0185. The fourth-order valence-corrected chi connectivity index (χ4v) is 0.762. The van der Waals surface area contributed by atoms with Gasteiger partial charge in [-0.05, 0) is 6.92 Å². The van der Waals surface area contributed by atoms with Gasteiger partial charge in [-0.3, -0.25) is 0 Å². The van der Waals surface area contributed by atoms with E-state index in [-0.39, 0.29) is 17.7 Å². The van der Waals surface area contributed by atoms with Crippen LogP contribution in [0.25, 0.3) is 0 Å². The first-order chi connectivity index (χ1) is 3.70. The van der Waals surface area contributed by atoms with E-state index in [4.69, 9.17) is 0 Å². The minimum Gasteiger partial charge on any atom is -0.231 e. The summed E-state index contributed by atoms with van der Waals surface area (Å²) in [6.07, 6.45) is 0.416. The number of primary amides is 2. The van der Waals surface area contributed by atoms with E-state index in [1.807, 2.05) is 0 Å². The smallest absolute Gasteiger partial charge is 0.231 e. The van der Waals surface area contributed by atoms with Crippen LogP contribution in [0.3, 0.4) is 0 Å². The number of hydrogen-bond donors (Lipinski definition) is 1. The topological polar surface area (TPSA) is 50.8 Å². The molecule has 2 N–H and O–H groups in total. The van der Waals surface area contributed by atoms with Crippen LogP contribution in [0.2, 0.25) is 0 Å². The Hall–Kier alpha value is -0.700. The molecule has 0 aliphatic carbocycles. The van der Waals surface area contributed by atoms with Crippen LogP contribution in [-0.4, -0.2) is 11.8 Å². The van der Waals surface area contributed by atoms with Gasteiger partial charge in [0.05, 0.1) is 12.3 Å². The van der Waals surface area contributed by atoms with E-state index < -0.39 is 0 Å². The van der Waals surface area contributed by atoms with Gasteiger partial charge in [0.25, 0.3) is 0 Å². The lowest BCUT2D eigenvalue weighted by molar-refractivity contribution is -0.478. The molecule has 0 radical (unpaired) electrons. The van der Waals surface area contributed by atoms with Crippen LogP contribution in [0.5, 0.6) is 0 Å². The largest absolute Gasteiger partial charge is 0.321 e. The molecular formula is C5H8NO2+. The molecule has 0 aromatic heterocycles. The van der Waals surface area contributed by atoms with Crippen molar-refractivity contribution in [1.29, 1.82) is 0 Å². The van der Waals surface area contributed by atoms with Gasteiger partial charge in [-0.2, -0.15) is 0 Å². The summed E-state index contributed by atoms with van der Waals surface area (Å²) in [5, 5.41) is 1.19. The maximum atomic E-state index is 10.5. The fraction of sp³-hybridized carbons (Fsp3) is 0.600. The van der Waals surface area contributed by atoms with Gasteiger partial charge in [0.15, 0.2) is 0 Å². The Morgan fingerprint density at radius 3 is 2.38 bits per heavy atom. The number of amides is 2. The number of hydrogen-bond acceptors (Lipinski definition) is 2. The van der Waals surface area contributed by atoms with Crippen molar-refractivity contribution in [3.8, 4) is 0 Å². The molecule has 0 aromatic rings. The summed E-state index contributed by atoms with van der Waals surface area (Å²) < 4.78 is 0. The van der Waals surface area contributed by atoms with Gasteiger partial charge < -0.3 is 0 Å². The highest BCUT2D eigenvalue weighted by Gasteiger charge is 2.31. The van der Waals surface area contributed by atoms with Crippen LogP contribution in [0.1, 0.15) is 13.3 Å². The van der Waals surface area contributed by atoms with Gasteiger partial charge in [0.2, 0.25) is 0 Å². The second-order valence-corrected chi connectivity index (χ2v) is 2.12. The number of quaternary nitrogens is 1. The Labute approximate surface area is 47.1 Å². The van der Waals surface area contributed by atoms with Crippen LogP contribution >= 0.6 is 0 Å². The van der Waals surface area contributed by atoms with Gasteiger partial charge in [0.1, 0.15) is 0 Å². The van der Waals surface area contributed by atoms with Crippen LogP contribution in [0, 0.1) is 5.92 Å². The normalized spacial score (nSPS) is 29.4. The Morgan fingerprint density at radius 2 is 2.25 bits per heavy atom. The average Bonchev–Trinajstić information content (AvgIpc) is 1.85. The van der Waals surface area contributed by atoms with E-state index in [1.54, 1.807) is 6.92 Å². The molecule has 1 aliphatic heterocycles. The first-order valence-electron chi connectivity index (χ1n) is 2.61. The SMILES string of the molecule is CC1CC(=O)[NH2+]C1=O. The van der Waals surface area contributed by atoms with Crippen molar-refractivity contribution < 1.29 is 14.9 Å². The highest BCUT2D eigenvalue weighted by atomic mass is 16.2. The summed E-state index contributed by atoms with van der Waals surface area (Å²) in [5.41, 5.74) is 0. The quantitative estimate of drug-likeness (QED) is 0.395. The van der Waals surface area contributed by atoms with Crippen LogP contribution in [0.4, 0.5) is 0 Å². The van der Waals surface area contributed by atoms with E-state index in [0.717, 1.165) is 0 Å². The summed E-state index contributed by atoms with van der Waals surface area (Å²) in [5.74, 6) is -0.0972. The molecule has 8 heavy (non-hydrogen) atoms. The molecule has 44 valence electrons. The van der Waals surface area contributed by atoms with Crippen LogP contribution in [-0.2, 0) is 9.59 Å². The molecular weight excluding hydrogens is 106 g/mol.